The number of hydrogen-bond donors (Lipinski definition) is 0. The van der Waals surface area contributed by atoms with Gasteiger partial charge in [0.2, 0.25) is 0 Å². The fourth-order valence-corrected chi connectivity index (χ4v) is 1.68. The van der Waals surface area contributed by atoms with E-state index >= 15 is 0 Å². The van der Waals surface area contributed by atoms with Gasteiger partial charge in [0.25, 0.3) is 0 Å². The minimum atomic E-state index is 0.968. The largest absolute Gasteiger partial charge is 0.350 e. The molecule has 1 aromatic heterocycles. The Morgan fingerprint density at radius 1 is 1.00 bits per heavy atom. The third-order valence-corrected chi connectivity index (χ3v) is 2.35. The number of aromatic nitrogens is 1. The Morgan fingerprint density at radius 2 is 1.75 bits per heavy atom. The molecule has 1 nitrogen and oxygen atoms in total. The average Bonchev–Trinajstić information content (AvgIpc) is 2.67. The number of aryl methyl sites for hydroxylation is 2. The fraction of sp³-hybridized carbons (Fsp3) is 0.333. The van der Waals surface area contributed by atoms with Crippen molar-refractivity contribution in [1.82, 2.24) is 4.57 Å². The van der Waals surface area contributed by atoms with E-state index in [-0.39, 0.29) is 0 Å². The molecular weight excluding hydrogens is 194 g/mol. The Balaban J connectivity index is 0.000000606. The zero-order valence-corrected chi connectivity index (χ0v) is 10.7. The van der Waals surface area contributed by atoms with Crippen LogP contribution < -0.4 is 0 Å². The van der Waals surface area contributed by atoms with E-state index in [4.69, 9.17) is 0 Å². The van der Waals surface area contributed by atoms with Gasteiger partial charge in [-0.05, 0) is 31.0 Å². The van der Waals surface area contributed by atoms with Gasteiger partial charge in [-0.15, -0.1) is 0 Å². The second kappa shape index (κ2) is 6.16. The quantitative estimate of drug-likeness (QED) is 0.708. The van der Waals surface area contributed by atoms with E-state index in [2.05, 4.69) is 61.1 Å². The van der Waals surface area contributed by atoms with Gasteiger partial charge in [-0.2, -0.15) is 0 Å². The summed E-state index contributed by atoms with van der Waals surface area (Å²) >= 11 is 0. The van der Waals surface area contributed by atoms with Gasteiger partial charge in [-0.25, -0.2) is 0 Å². The van der Waals surface area contributed by atoms with E-state index in [1.165, 1.54) is 16.7 Å². The molecule has 2 rings (SSSR count). The molecule has 0 aliphatic rings. The van der Waals surface area contributed by atoms with Crippen LogP contribution in [0.3, 0.4) is 0 Å². The Hall–Kier alpha value is -1.50. The van der Waals surface area contributed by atoms with Crippen LogP contribution in [0, 0.1) is 13.8 Å². The number of rotatable bonds is 2. The Labute approximate surface area is 98.7 Å². The third kappa shape index (κ3) is 3.58. The molecule has 0 N–H and O–H groups in total. The van der Waals surface area contributed by atoms with Crippen molar-refractivity contribution in [3.8, 4) is 0 Å². The highest BCUT2D eigenvalue weighted by Gasteiger charge is 1.95. The summed E-state index contributed by atoms with van der Waals surface area (Å²) in [6, 6.07) is 10.8. The van der Waals surface area contributed by atoms with Crippen molar-refractivity contribution in [3.05, 3.63) is 59.4 Å². The van der Waals surface area contributed by atoms with Crippen molar-refractivity contribution >= 4 is 0 Å². The molecule has 0 saturated carbocycles. The topological polar surface area (TPSA) is 4.93 Å². The van der Waals surface area contributed by atoms with Crippen LogP contribution in [0.1, 0.15) is 30.5 Å². The summed E-state index contributed by atoms with van der Waals surface area (Å²) < 4.78 is 2.21. The molecule has 1 heterocycles. The highest BCUT2D eigenvalue weighted by molar-refractivity contribution is 5.23. The van der Waals surface area contributed by atoms with Crippen LogP contribution in [-0.2, 0) is 6.54 Å². The van der Waals surface area contributed by atoms with E-state index < -0.39 is 0 Å². The van der Waals surface area contributed by atoms with Crippen molar-refractivity contribution in [2.75, 3.05) is 0 Å². The summed E-state index contributed by atoms with van der Waals surface area (Å²) in [4.78, 5) is 0. The highest BCUT2D eigenvalue weighted by atomic mass is 14.9. The molecule has 1 aromatic carbocycles. The molecule has 2 aromatic rings. The molecule has 0 aliphatic heterocycles. The van der Waals surface area contributed by atoms with Gasteiger partial charge in [-0.1, -0.05) is 43.7 Å². The lowest BCUT2D eigenvalue weighted by Crippen LogP contribution is -1.96. The highest BCUT2D eigenvalue weighted by Crippen LogP contribution is 2.07. The van der Waals surface area contributed by atoms with Crippen LogP contribution in [0.15, 0.2) is 42.7 Å². The molecule has 86 valence electrons. The van der Waals surface area contributed by atoms with E-state index in [9.17, 15) is 0 Å². The van der Waals surface area contributed by atoms with E-state index in [0.717, 1.165) is 6.54 Å². The third-order valence-electron chi connectivity index (χ3n) is 2.35. The minimum absolute atomic E-state index is 0.968. The molecule has 0 amide bonds. The van der Waals surface area contributed by atoms with Gasteiger partial charge < -0.3 is 4.57 Å². The lowest BCUT2D eigenvalue weighted by molar-refractivity contribution is 0.803. The molecule has 0 bridgehead atoms. The van der Waals surface area contributed by atoms with Crippen LogP contribution in [0.2, 0.25) is 0 Å². The van der Waals surface area contributed by atoms with Gasteiger partial charge in [0, 0.05) is 18.9 Å². The van der Waals surface area contributed by atoms with Crippen LogP contribution in [-0.4, -0.2) is 4.57 Å². The number of hydrogen-bond acceptors (Lipinski definition) is 0. The molecule has 1 heteroatoms. The Kier molecular flexibility index (Phi) is 4.84. The molecule has 0 spiro atoms. The lowest BCUT2D eigenvalue weighted by Gasteiger charge is -2.03. The van der Waals surface area contributed by atoms with Crippen molar-refractivity contribution in [2.24, 2.45) is 0 Å². The SMILES string of the molecule is CC.Cc1cccc(Cn2ccc(C)c2)c1. The van der Waals surface area contributed by atoms with Gasteiger partial charge >= 0.3 is 0 Å². The smallest absolute Gasteiger partial charge is 0.0470 e. The maximum absolute atomic E-state index is 2.23. The van der Waals surface area contributed by atoms with Gasteiger partial charge in [0.05, 0.1) is 0 Å². The zero-order valence-electron chi connectivity index (χ0n) is 10.7. The van der Waals surface area contributed by atoms with Crippen LogP contribution in [0.25, 0.3) is 0 Å². The summed E-state index contributed by atoms with van der Waals surface area (Å²) in [5.74, 6) is 0. The molecule has 0 saturated heterocycles. The maximum atomic E-state index is 2.23. The lowest BCUT2D eigenvalue weighted by atomic mass is 10.1. The Bertz CT molecular complexity index is 427. The molecule has 16 heavy (non-hydrogen) atoms. The summed E-state index contributed by atoms with van der Waals surface area (Å²) in [6.45, 7) is 9.21. The van der Waals surface area contributed by atoms with Gasteiger partial charge in [-0.3, -0.25) is 0 Å². The first-order valence-electron chi connectivity index (χ1n) is 5.92. The monoisotopic (exact) mass is 215 g/mol. The predicted octanol–water partition coefficient (Wildman–Crippen LogP) is 4.18. The molecule has 0 fully saturated rings. The van der Waals surface area contributed by atoms with Crippen molar-refractivity contribution in [1.29, 1.82) is 0 Å². The van der Waals surface area contributed by atoms with Crippen LogP contribution in [0.4, 0.5) is 0 Å². The summed E-state index contributed by atoms with van der Waals surface area (Å²) in [7, 11) is 0. The first-order chi connectivity index (χ1) is 7.74. The Morgan fingerprint density at radius 3 is 2.31 bits per heavy atom. The first kappa shape index (κ1) is 12.6. The van der Waals surface area contributed by atoms with E-state index in [1.54, 1.807) is 0 Å². The molecular formula is C15H21N. The predicted molar refractivity (Wildman–Crippen MR) is 70.8 cm³/mol. The van der Waals surface area contributed by atoms with Gasteiger partial charge in [0.1, 0.15) is 0 Å². The van der Waals surface area contributed by atoms with Crippen molar-refractivity contribution in [2.45, 2.75) is 34.2 Å². The summed E-state index contributed by atoms with van der Waals surface area (Å²) in [5, 5.41) is 0. The van der Waals surface area contributed by atoms with E-state index in [0.29, 0.717) is 0 Å². The number of nitrogens with zero attached hydrogens (tertiary/aromatic N) is 1. The van der Waals surface area contributed by atoms with Crippen LogP contribution in [0.5, 0.6) is 0 Å². The average molecular weight is 215 g/mol. The normalized spacial score (nSPS) is 9.50. The van der Waals surface area contributed by atoms with Gasteiger partial charge in [0.15, 0.2) is 0 Å². The second-order valence-corrected chi connectivity index (χ2v) is 3.85. The molecule has 0 radical (unpaired) electrons. The number of benzene rings is 1. The second-order valence-electron chi connectivity index (χ2n) is 3.85. The molecule has 0 aliphatic carbocycles. The first-order valence-corrected chi connectivity index (χ1v) is 5.92. The van der Waals surface area contributed by atoms with Crippen LogP contribution >= 0.6 is 0 Å². The maximum Gasteiger partial charge on any atom is 0.0470 e. The van der Waals surface area contributed by atoms with E-state index in [1.807, 2.05) is 13.8 Å². The molecule has 0 unspecified atom stereocenters. The van der Waals surface area contributed by atoms with Crippen molar-refractivity contribution in [3.63, 3.8) is 0 Å². The zero-order chi connectivity index (χ0) is 12.0. The summed E-state index contributed by atoms with van der Waals surface area (Å²) in [5.41, 5.74) is 4.00. The van der Waals surface area contributed by atoms with Crippen molar-refractivity contribution < 1.29 is 0 Å². The minimum Gasteiger partial charge on any atom is -0.350 e. The standard InChI is InChI=1S/C13H15N.C2H6/c1-11-4-3-5-13(8-11)10-14-7-6-12(2)9-14;1-2/h3-9H,10H2,1-2H3;1-2H3. The fourth-order valence-electron chi connectivity index (χ4n) is 1.68. The molecule has 0 atom stereocenters. The summed E-state index contributed by atoms with van der Waals surface area (Å²) in [6.07, 6.45) is 4.29.